The molecule has 0 aliphatic carbocycles. The van der Waals surface area contributed by atoms with Gasteiger partial charge in [0.15, 0.2) is 0 Å². The molecule has 0 aliphatic heterocycles. The van der Waals surface area contributed by atoms with E-state index in [1.807, 2.05) is 27.2 Å². The molecule has 3 unspecified atom stereocenters. The van der Waals surface area contributed by atoms with Crippen molar-refractivity contribution in [2.24, 2.45) is 0 Å². The van der Waals surface area contributed by atoms with Gasteiger partial charge in [0.1, 0.15) is 13.2 Å². The number of likely N-dealkylation sites (N-methyl/N-ethyl adjacent to an activating group) is 1. The molecule has 0 aromatic rings. The number of allylic oxidation sites excluding steroid dienone is 5. The lowest BCUT2D eigenvalue weighted by Gasteiger charge is -2.25. The van der Waals surface area contributed by atoms with Gasteiger partial charge in [-0.3, -0.25) is 13.8 Å². The highest BCUT2D eigenvalue weighted by Gasteiger charge is 2.27. The van der Waals surface area contributed by atoms with E-state index in [4.69, 9.17) is 9.05 Å². The molecule has 0 spiro atoms. The number of amides is 1. The van der Waals surface area contributed by atoms with Crippen LogP contribution in [0.5, 0.6) is 0 Å². The Hall–Kier alpha value is -1.28. The Balaban J connectivity index is 4.33. The number of hydrogen-bond acceptors (Lipinski definition) is 5. The highest BCUT2D eigenvalue weighted by molar-refractivity contribution is 7.47. The smallest absolute Gasteiger partial charge is 0.387 e. The second-order valence-electron chi connectivity index (χ2n) is 14.6. The summed E-state index contributed by atoms with van der Waals surface area (Å²) in [6.07, 6.45) is 38.3. The second kappa shape index (κ2) is 32.6. The third kappa shape index (κ3) is 34.9. The van der Waals surface area contributed by atoms with Gasteiger partial charge >= 0.3 is 7.82 Å². The first-order chi connectivity index (χ1) is 23.5. The van der Waals surface area contributed by atoms with E-state index >= 15 is 0 Å². The number of rotatable bonds is 35. The number of nitrogens with one attached hydrogen (secondary N) is 1. The number of phosphoric ester groups is 1. The summed E-state index contributed by atoms with van der Waals surface area (Å²) < 4.78 is 23.3. The van der Waals surface area contributed by atoms with Gasteiger partial charge in [-0.1, -0.05) is 147 Å². The Kier molecular flexibility index (Phi) is 31.8. The van der Waals surface area contributed by atoms with Crippen molar-refractivity contribution in [1.29, 1.82) is 0 Å². The minimum atomic E-state index is -4.33. The summed E-state index contributed by atoms with van der Waals surface area (Å²) in [5.74, 6) is -0.206. The summed E-state index contributed by atoms with van der Waals surface area (Å²) in [5.41, 5.74) is 0. The van der Waals surface area contributed by atoms with Crippen LogP contribution in [0.3, 0.4) is 0 Å². The molecule has 0 saturated heterocycles. The van der Waals surface area contributed by atoms with Crippen molar-refractivity contribution in [3.8, 4) is 0 Å². The molecule has 0 bridgehead atoms. The molecule has 0 aromatic carbocycles. The van der Waals surface area contributed by atoms with Gasteiger partial charge < -0.3 is 19.8 Å². The maximum Gasteiger partial charge on any atom is 0.472 e. The Morgan fingerprint density at radius 3 is 1.63 bits per heavy atom. The predicted octanol–water partition coefficient (Wildman–Crippen LogP) is 10.4. The average molecular weight is 714 g/mol. The van der Waals surface area contributed by atoms with Crippen LogP contribution in [0.25, 0.3) is 0 Å². The van der Waals surface area contributed by atoms with Crippen molar-refractivity contribution in [2.75, 3.05) is 40.9 Å². The van der Waals surface area contributed by atoms with E-state index in [2.05, 4.69) is 43.5 Å². The summed E-state index contributed by atoms with van der Waals surface area (Å²) in [7, 11) is 1.54. The quantitative estimate of drug-likeness (QED) is 0.0261. The first-order valence-corrected chi connectivity index (χ1v) is 21.4. The summed E-state index contributed by atoms with van der Waals surface area (Å²) in [6.45, 7) is 4.67. The zero-order valence-corrected chi connectivity index (χ0v) is 33.3. The highest BCUT2D eigenvalue weighted by Crippen LogP contribution is 2.43. The molecule has 0 saturated carbocycles. The van der Waals surface area contributed by atoms with E-state index in [1.165, 1.54) is 83.5 Å². The molecule has 0 aromatic heterocycles. The fourth-order valence-corrected chi connectivity index (χ4v) is 6.10. The zero-order chi connectivity index (χ0) is 36.5. The third-order valence-electron chi connectivity index (χ3n) is 8.59. The monoisotopic (exact) mass is 714 g/mol. The van der Waals surface area contributed by atoms with E-state index in [1.54, 1.807) is 6.08 Å². The van der Waals surface area contributed by atoms with E-state index in [9.17, 15) is 19.4 Å². The molecule has 3 N–H and O–H groups in total. The van der Waals surface area contributed by atoms with Crippen LogP contribution in [0.1, 0.15) is 162 Å². The van der Waals surface area contributed by atoms with Crippen LogP contribution >= 0.6 is 7.82 Å². The molecule has 0 radical (unpaired) electrons. The number of carbonyl (C=O) groups excluding carboxylic acids is 1. The van der Waals surface area contributed by atoms with Gasteiger partial charge in [-0.25, -0.2) is 4.57 Å². The Morgan fingerprint density at radius 2 is 1.12 bits per heavy atom. The lowest BCUT2D eigenvalue weighted by molar-refractivity contribution is -0.870. The molecule has 288 valence electrons. The summed E-state index contributed by atoms with van der Waals surface area (Å²) in [4.78, 5) is 22.7. The van der Waals surface area contributed by atoms with Crippen LogP contribution < -0.4 is 5.32 Å². The van der Waals surface area contributed by atoms with Gasteiger partial charge in [0.25, 0.3) is 0 Å². The zero-order valence-electron chi connectivity index (χ0n) is 32.4. The lowest BCUT2D eigenvalue weighted by Crippen LogP contribution is -2.45. The molecule has 49 heavy (non-hydrogen) atoms. The van der Waals surface area contributed by atoms with E-state index in [0.29, 0.717) is 17.4 Å². The minimum Gasteiger partial charge on any atom is -0.387 e. The molecule has 8 nitrogen and oxygen atoms in total. The largest absolute Gasteiger partial charge is 0.472 e. The molecule has 0 heterocycles. The molecule has 0 aliphatic rings. The Bertz CT molecular complexity index is 902. The minimum absolute atomic E-state index is 0.0534. The van der Waals surface area contributed by atoms with Crippen molar-refractivity contribution < 1.29 is 32.9 Å². The van der Waals surface area contributed by atoms with Crippen LogP contribution in [0.2, 0.25) is 0 Å². The van der Waals surface area contributed by atoms with Crippen molar-refractivity contribution in [3.63, 3.8) is 0 Å². The summed E-state index contributed by atoms with van der Waals surface area (Å²) >= 11 is 0. The van der Waals surface area contributed by atoms with Gasteiger partial charge in [0.2, 0.25) is 5.91 Å². The van der Waals surface area contributed by atoms with Crippen LogP contribution in [0.4, 0.5) is 0 Å². The average Bonchev–Trinajstić information content (AvgIpc) is 3.04. The number of carbonyl (C=O) groups is 1. The topological polar surface area (TPSA) is 105 Å². The first kappa shape index (κ1) is 47.7. The SMILES string of the molecule is CCCCCCCCCCCCCC/C=C/CC/C=C/CC/C=C/C(O)C(COP(=O)(O)OCC[N+](C)(C)C)NC(=O)CCCCCCC. The molecular formula is C40H78N2O6P+. The summed E-state index contributed by atoms with van der Waals surface area (Å²) in [6, 6.07) is -0.862. The number of aliphatic hydroxyl groups excluding tert-OH is 1. The molecular weight excluding hydrogens is 635 g/mol. The van der Waals surface area contributed by atoms with Crippen LogP contribution in [0, 0.1) is 0 Å². The number of quaternary nitrogens is 1. The van der Waals surface area contributed by atoms with Gasteiger partial charge in [0, 0.05) is 6.42 Å². The molecule has 9 heteroatoms. The van der Waals surface area contributed by atoms with Crippen LogP contribution in [-0.2, 0) is 18.4 Å². The van der Waals surface area contributed by atoms with E-state index in [0.717, 1.165) is 57.8 Å². The van der Waals surface area contributed by atoms with Gasteiger partial charge in [-0.05, 0) is 44.9 Å². The standard InChI is InChI=1S/C40H77N2O6P/c1-6-8-10-12-13-14-15-16-17-18-19-20-21-22-23-24-25-26-27-28-30-31-33-39(43)38(41-40(44)34-32-29-11-9-7-2)37-48-49(45,46)47-36-35-42(3,4)5/h22-23,26-27,31,33,38-39,43H,6-21,24-25,28-30,32,34-37H2,1-5H3,(H-,41,44,45,46)/p+1/b23-22+,27-26+,33-31+. The van der Waals surface area contributed by atoms with E-state index < -0.39 is 20.0 Å². The number of hydrogen-bond donors (Lipinski definition) is 3. The molecule has 1 amide bonds. The number of aliphatic hydroxyl groups is 1. The predicted molar refractivity (Wildman–Crippen MR) is 208 cm³/mol. The molecule has 0 fully saturated rings. The van der Waals surface area contributed by atoms with Crippen molar-refractivity contribution in [2.45, 2.75) is 174 Å². The third-order valence-corrected chi connectivity index (χ3v) is 9.57. The first-order valence-electron chi connectivity index (χ1n) is 19.9. The van der Waals surface area contributed by atoms with Crippen LogP contribution in [0.15, 0.2) is 36.5 Å². The number of phosphoric acid groups is 1. The van der Waals surface area contributed by atoms with E-state index in [-0.39, 0.29) is 19.1 Å². The maximum atomic E-state index is 12.6. The second-order valence-corrected chi connectivity index (χ2v) is 16.1. The van der Waals surface area contributed by atoms with Gasteiger partial charge in [-0.15, -0.1) is 0 Å². The Labute approximate surface area is 302 Å². The fourth-order valence-electron chi connectivity index (χ4n) is 5.36. The number of unbranched alkanes of at least 4 members (excludes halogenated alkanes) is 18. The van der Waals surface area contributed by atoms with Crippen molar-refractivity contribution in [3.05, 3.63) is 36.5 Å². The van der Waals surface area contributed by atoms with Crippen LogP contribution in [-0.4, -0.2) is 73.4 Å². The van der Waals surface area contributed by atoms with Crippen molar-refractivity contribution in [1.82, 2.24) is 5.32 Å². The molecule has 3 atom stereocenters. The molecule has 0 rings (SSSR count). The number of nitrogens with zero attached hydrogens (tertiary/aromatic N) is 1. The van der Waals surface area contributed by atoms with Crippen molar-refractivity contribution >= 4 is 13.7 Å². The van der Waals surface area contributed by atoms with Gasteiger partial charge in [-0.2, -0.15) is 0 Å². The fraction of sp³-hybridized carbons (Fsp3) is 0.825. The van der Waals surface area contributed by atoms with Gasteiger partial charge in [0.05, 0.1) is 39.9 Å². The lowest BCUT2D eigenvalue weighted by atomic mass is 10.0. The maximum absolute atomic E-state index is 12.6. The normalized spacial score (nSPS) is 15.0. The summed E-state index contributed by atoms with van der Waals surface area (Å²) in [5, 5.41) is 13.6. The highest BCUT2D eigenvalue weighted by atomic mass is 31.2. The Morgan fingerprint density at radius 1 is 0.673 bits per heavy atom.